The molecule has 0 saturated carbocycles. The number of carbonyl (C=O) groups is 1. The first-order valence-corrected chi connectivity index (χ1v) is 5.52. The lowest BCUT2D eigenvalue weighted by Crippen LogP contribution is -2.01. The fourth-order valence-electron chi connectivity index (χ4n) is 1.63. The Kier molecular flexibility index (Phi) is 3.22. The highest BCUT2D eigenvalue weighted by atomic mass is 35.5. The van der Waals surface area contributed by atoms with Crippen LogP contribution in [-0.4, -0.2) is 25.8 Å². The van der Waals surface area contributed by atoms with E-state index in [0.717, 1.165) is 4.68 Å². The van der Waals surface area contributed by atoms with Gasteiger partial charge in [-0.3, -0.25) is 10.1 Å². The van der Waals surface area contributed by atoms with E-state index in [0.29, 0.717) is 0 Å². The summed E-state index contributed by atoms with van der Waals surface area (Å²) in [6.45, 7) is 1.52. The highest BCUT2D eigenvalue weighted by molar-refractivity contribution is 6.30. The van der Waals surface area contributed by atoms with E-state index in [1.165, 1.54) is 31.3 Å². The van der Waals surface area contributed by atoms with Gasteiger partial charge in [-0.25, -0.2) is 9.48 Å². The van der Waals surface area contributed by atoms with Gasteiger partial charge in [-0.1, -0.05) is 11.6 Å². The van der Waals surface area contributed by atoms with Crippen molar-refractivity contribution in [2.45, 2.75) is 6.92 Å². The average Bonchev–Trinajstić information content (AvgIpc) is 2.71. The molecule has 0 fully saturated rings. The molecule has 0 atom stereocenters. The first kappa shape index (κ1) is 13.0. The van der Waals surface area contributed by atoms with Crippen molar-refractivity contribution in [3.05, 3.63) is 50.8 Å². The normalized spacial score (nSPS) is 10.4. The summed E-state index contributed by atoms with van der Waals surface area (Å²) in [5.74, 6) is -1.14. The Bertz CT molecular complexity index is 681. The molecule has 1 heterocycles. The van der Waals surface area contributed by atoms with Crippen molar-refractivity contribution in [1.29, 1.82) is 0 Å². The minimum absolute atomic E-state index is 0.00996. The van der Waals surface area contributed by atoms with Crippen LogP contribution in [0.2, 0.25) is 5.02 Å². The molecule has 0 aliphatic heterocycles. The second-order valence-electron chi connectivity index (χ2n) is 3.77. The van der Waals surface area contributed by atoms with Gasteiger partial charge in [0.2, 0.25) is 0 Å². The number of rotatable bonds is 3. The smallest absolute Gasteiger partial charge is 0.339 e. The van der Waals surface area contributed by atoms with E-state index >= 15 is 0 Å². The summed E-state index contributed by atoms with van der Waals surface area (Å²) in [6, 6.07) is 4.08. The van der Waals surface area contributed by atoms with Gasteiger partial charge in [0.25, 0.3) is 5.69 Å². The minimum atomic E-state index is -1.14. The van der Waals surface area contributed by atoms with E-state index in [9.17, 15) is 14.9 Å². The lowest BCUT2D eigenvalue weighted by atomic mass is 10.2. The molecule has 1 N–H and O–H groups in total. The highest BCUT2D eigenvalue weighted by Crippen LogP contribution is 2.26. The Morgan fingerprint density at radius 2 is 2.21 bits per heavy atom. The zero-order valence-corrected chi connectivity index (χ0v) is 10.5. The van der Waals surface area contributed by atoms with Crippen LogP contribution in [0.1, 0.15) is 16.1 Å². The van der Waals surface area contributed by atoms with Crippen LogP contribution in [-0.2, 0) is 0 Å². The number of benzene rings is 1. The summed E-state index contributed by atoms with van der Waals surface area (Å²) in [7, 11) is 0. The Balaban J connectivity index is 2.62. The minimum Gasteiger partial charge on any atom is -0.478 e. The van der Waals surface area contributed by atoms with Gasteiger partial charge in [-0.05, 0) is 19.1 Å². The van der Waals surface area contributed by atoms with Gasteiger partial charge in [0.15, 0.2) is 0 Å². The van der Waals surface area contributed by atoms with Crippen LogP contribution in [0.5, 0.6) is 0 Å². The number of hydrogen-bond acceptors (Lipinski definition) is 4. The summed E-state index contributed by atoms with van der Waals surface area (Å²) in [4.78, 5) is 21.3. The Morgan fingerprint density at radius 1 is 1.53 bits per heavy atom. The standard InChI is InChI=1S/C11H8ClN3O4/c1-6-8(11(16)17)5-14(13-6)9-3-2-7(12)4-10(9)15(18)19/h2-5H,1H3,(H,16,17). The van der Waals surface area contributed by atoms with E-state index in [1.807, 2.05) is 0 Å². The fourth-order valence-corrected chi connectivity index (χ4v) is 1.80. The largest absolute Gasteiger partial charge is 0.478 e. The molecule has 7 nitrogen and oxygen atoms in total. The van der Waals surface area contributed by atoms with E-state index in [2.05, 4.69) is 5.10 Å². The molecular weight excluding hydrogens is 274 g/mol. The molecule has 2 aromatic rings. The molecule has 0 bridgehead atoms. The first-order valence-electron chi connectivity index (χ1n) is 5.14. The predicted molar refractivity (Wildman–Crippen MR) is 66.9 cm³/mol. The maximum atomic E-state index is 11.0. The van der Waals surface area contributed by atoms with Crippen LogP contribution >= 0.6 is 11.6 Å². The van der Waals surface area contributed by atoms with E-state index in [4.69, 9.17) is 16.7 Å². The van der Waals surface area contributed by atoms with Crippen molar-refractivity contribution >= 4 is 23.3 Å². The molecule has 8 heteroatoms. The van der Waals surface area contributed by atoms with Gasteiger partial charge in [0.1, 0.15) is 11.3 Å². The number of aromatic nitrogens is 2. The number of carboxylic acids is 1. The van der Waals surface area contributed by atoms with Crippen molar-refractivity contribution in [2.24, 2.45) is 0 Å². The third-order valence-corrected chi connectivity index (χ3v) is 2.75. The number of aryl methyl sites for hydroxylation is 1. The van der Waals surface area contributed by atoms with Crippen LogP contribution in [0.3, 0.4) is 0 Å². The highest BCUT2D eigenvalue weighted by Gasteiger charge is 2.19. The molecule has 1 aromatic carbocycles. The number of nitro groups is 1. The monoisotopic (exact) mass is 281 g/mol. The summed E-state index contributed by atoms with van der Waals surface area (Å²) in [5.41, 5.74) is 0.179. The van der Waals surface area contributed by atoms with Gasteiger partial charge >= 0.3 is 5.97 Å². The summed E-state index contributed by atoms with van der Waals surface area (Å²) in [5, 5.41) is 24.1. The summed E-state index contributed by atoms with van der Waals surface area (Å²) < 4.78 is 1.16. The van der Waals surface area contributed by atoms with Crippen molar-refractivity contribution in [1.82, 2.24) is 9.78 Å². The van der Waals surface area contributed by atoms with E-state index in [-0.39, 0.29) is 27.7 Å². The number of halogens is 1. The van der Waals surface area contributed by atoms with Gasteiger partial charge in [0, 0.05) is 17.3 Å². The van der Waals surface area contributed by atoms with Crippen molar-refractivity contribution in [3.8, 4) is 5.69 Å². The van der Waals surface area contributed by atoms with Crippen LogP contribution < -0.4 is 0 Å². The number of aromatic carboxylic acids is 1. The maximum Gasteiger partial charge on any atom is 0.339 e. The molecule has 0 spiro atoms. The van der Waals surface area contributed by atoms with Gasteiger partial charge in [-0.2, -0.15) is 5.10 Å². The third kappa shape index (κ3) is 2.41. The van der Waals surface area contributed by atoms with Gasteiger partial charge in [0.05, 0.1) is 10.6 Å². The Hall–Kier alpha value is -2.41. The molecule has 0 saturated heterocycles. The lowest BCUT2D eigenvalue weighted by molar-refractivity contribution is -0.384. The molecule has 19 heavy (non-hydrogen) atoms. The van der Waals surface area contributed by atoms with Crippen LogP contribution in [0.15, 0.2) is 24.4 Å². The second kappa shape index (κ2) is 4.69. The summed E-state index contributed by atoms with van der Waals surface area (Å²) in [6.07, 6.45) is 1.23. The van der Waals surface area contributed by atoms with Crippen molar-refractivity contribution < 1.29 is 14.8 Å². The Morgan fingerprint density at radius 3 is 2.74 bits per heavy atom. The molecule has 0 unspecified atom stereocenters. The molecule has 2 rings (SSSR count). The topological polar surface area (TPSA) is 98.3 Å². The fraction of sp³-hybridized carbons (Fsp3) is 0.0909. The first-order chi connectivity index (χ1) is 8.90. The predicted octanol–water partition coefficient (Wildman–Crippen LogP) is 2.44. The SMILES string of the molecule is Cc1nn(-c2ccc(Cl)cc2[N+](=O)[O-])cc1C(=O)O. The second-order valence-corrected chi connectivity index (χ2v) is 4.20. The number of hydrogen-bond donors (Lipinski definition) is 1. The average molecular weight is 282 g/mol. The number of nitrogens with zero attached hydrogens (tertiary/aromatic N) is 3. The van der Waals surface area contributed by atoms with Crippen LogP contribution in [0.4, 0.5) is 5.69 Å². The molecular formula is C11H8ClN3O4. The molecule has 98 valence electrons. The third-order valence-electron chi connectivity index (χ3n) is 2.51. The molecule has 0 aliphatic rings. The van der Waals surface area contributed by atoms with Gasteiger partial charge < -0.3 is 5.11 Å². The number of nitro benzene ring substituents is 1. The molecule has 0 aliphatic carbocycles. The molecule has 1 aromatic heterocycles. The van der Waals surface area contributed by atoms with Crippen molar-refractivity contribution in [3.63, 3.8) is 0 Å². The Labute approximate surface area is 112 Å². The summed E-state index contributed by atoms with van der Waals surface area (Å²) >= 11 is 5.71. The number of carboxylic acid groups (broad SMARTS) is 1. The lowest BCUT2D eigenvalue weighted by Gasteiger charge is -2.02. The maximum absolute atomic E-state index is 11.0. The molecule has 0 radical (unpaired) electrons. The zero-order valence-electron chi connectivity index (χ0n) is 9.70. The van der Waals surface area contributed by atoms with Crippen LogP contribution in [0.25, 0.3) is 5.69 Å². The zero-order chi connectivity index (χ0) is 14.2. The van der Waals surface area contributed by atoms with Crippen LogP contribution in [0, 0.1) is 17.0 Å². The van der Waals surface area contributed by atoms with Crippen molar-refractivity contribution in [2.75, 3.05) is 0 Å². The van der Waals surface area contributed by atoms with E-state index in [1.54, 1.807) is 0 Å². The quantitative estimate of drug-likeness (QED) is 0.688. The van der Waals surface area contributed by atoms with Gasteiger partial charge in [-0.15, -0.1) is 0 Å². The molecule has 0 amide bonds. The van der Waals surface area contributed by atoms with E-state index < -0.39 is 10.9 Å².